The molecule has 0 aliphatic rings. The van der Waals surface area contributed by atoms with Gasteiger partial charge in [0.25, 0.3) is 0 Å². The van der Waals surface area contributed by atoms with Crippen LogP contribution in [-0.4, -0.2) is 25.0 Å². The molecule has 0 amide bonds. The quantitative estimate of drug-likeness (QED) is 0.511. The average Bonchev–Trinajstić information content (AvgIpc) is 2.72. The first-order chi connectivity index (χ1) is 13.1. The Morgan fingerprint density at radius 1 is 0.852 bits per heavy atom. The van der Waals surface area contributed by atoms with E-state index in [0.717, 1.165) is 11.3 Å². The van der Waals surface area contributed by atoms with Gasteiger partial charge in [-0.15, -0.1) is 0 Å². The number of hydrogen-bond acceptors (Lipinski definition) is 3. The summed E-state index contributed by atoms with van der Waals surface area (Å²) in [7, 11) is 3.93. The molecular weight excluding hydrogens is 334 g/mol. The van der Waals surface area contributed by atoms with Crippen molar-refractivity contribution in [3.05, 3.63) is 107 Å². The second-order valence-electron chi connectivity index (χ2n) is 6.59. The molecule has 0 heterocycles. The van der Waals surface area contributed by atoms with Crippen LogP contribution >= 0.6 is 0 Å². The molecule has 0 fully saturated rings. The standard InChI is InChI=1S/C24H23NO2/c1-25(2)21-15-13-20(14-16-21)24(27)22(17-18-9-5-3-6-10-18)23(26)19-11-7-4-8-12-19/h3-17,24,27H,1-2H3/b22-17+. The molecule has 3 nitrogen and oxygen atoms in total. The lowest BCUT2D eigenvalue weighted by Crippen LogP contribution is -2.13. The molecule has 3 heteroatoms. The van der Waals surface area contributed by atoms with Gasteiger partial charge in [0.15, 0.2) is 5.78 Å². The van der Waals surface area contributed by atoms with Gasteiger partial charge >= 0.3 is 0 Å². The van der Waals surface area contributed by atoms with Gasteiger partial charge in [0.05, 0.1) is 0 Å². The maximum absolute atomic E-state index is 13.1. The Morgan fingerprint density at radius 3 is 1.96 bits per heavy atom. The Hall–Kier alpha value is -3.17. The molecule has 0 radical (unpaired) electrons. The highest BCUT2D eigenvalue weighted by molar-refractivity contribution is 6.12. The topological polar surface area (TPSA) is 40.5 Å². The van der Waals surface area contributed by atoms with Gasteiger partial charge in [0.1, 0.15) is 6.10 Å². The van der Waals surface area contributed by atoms with Crippen molar-refractivity contribution in [2.24, 2.45) is 0 Å². The molecule has 3 rings (SSSR count). The van der Waals surface area contributed by atoms with Crippen molar-refractivity contribution >= 4 is 17.5 Å². The van der Waals surface area contributed by atoms with E-state index in [9.17, 15) is 9.90 Å². The Kier molecular flexibility index (Phi) is 5.84. The summed E-state index contributed by atoms with van der Waals surface area (Å²) in [4.78, 5) is 15.1. The number of anilines is 1. The van der Waals surface area contributed by atoms with Gasteiger partial charge in [0.2, 0.25) is 0 Å². The number of hydrogen-bond donors (Lipinski definition) is 1. The number of rotatable bonds is 6. The van der Waals surface area contributed by atoms with Crippen molar-refractivity contribution in [2.75, 3.05) is 19.0 Å². The number of ketones is 1. The van der Waals surface area contributed by atoms with Gasteiger partial charge in [-0.1, -0.05) is 72.8 Å². The number of Topliss-reactive ketones (excluding diaryl/α,β-unsaturated/α-hetero) is 1. The number of nitrogens with zero attached hydrogens (tertiary/aromatic N) is 1. The van der Waals surface area contributed by atoms with E-state index in [1.165, 1.54) is 0 Å². The van der Waals surface area contributed by atoms with Crippen LogP contribution in [0, 0.1) is 0 Å². The van der Waals surface area contributed by atoms with Crippen LogP contribution in [0.4, 0.5) is 5.69 Å². The maximum Gasteiger partial charge on any atom is 0.191 e. The van der Waals surface area contributed by atoms with E-state index < -0.39 is 6.10 Å². The minimum Gasteiger partial charge on any atom is -0.384 e. The first-order valence-electron chi connectivity index (χ1n) is 8.88. The Balaban J connectivity index is 2.01. The number of benzene rings is 3. The predicted molar refractivity (Wildman–Crippen MR) is 111 cm³/mol. The summed E-state index contributed by atoms with van der Waals surface area (Å²) >= 11 is 0. The van der Waals surface area contributed by atoms with Crippen LogP contribution in [-0.2, 0) is 0 Å². The zero-order valence-corrected chi connectivity index (χ0v) is 15.5. The van der Waals surface area contributed by atoms with Gasteiger partial charge in [0, 0.05) is 30.9 Å². The fraction of sp³-hybridized carbons (Fsp3) is 0.125. The lowest BCUT2D eigenvalue weighted by atomic mass is 9.92. The monoisotopic (exact) mass is 357 g/mol. The summed E-state index contributed by atoms with van der Waals surface area (Å²) in [6.07, 6.45) is 0.758. The molecule has 0 aliphatic carbocycles. The summed E-state index contributed by atoms with van der Waals surface area (Å²) in [5, 5.41) is 11.0. The molecule has 136 valence electrons. The van der Waals surface area contributed by atoms with Crippen LogP contribution in [0.15, 0.2) is 90.5 Å². The normalized spacial score (nSPS) is 12.5. The number of aliphatic hydroxyl groups is 1. The van der Waals surface area contributed by atoms with Gasteiger partial charge in [-0.2, -0.15) is 0 Å². The first-order valence-corrected chi connectivity index (χ1v) is 8.88. The van der Waals surface area contributed by atoms with Gasteiger partial charge in [-0.25, -0.2) is 0 Å². The molecular formula is C24H23NO2. The van der Waals surface area contributed by atoms with Crippen LogP contribution in [0.25, 0.3) is 6.08 Å². The third-order valence-corrected chi connectivity index (χ3v) is 4.44. The second kappa shape index (κ2) is 8.47. The highest BCUT2D eigenvalue weighted by atomic mass is 16.3. The summed E-state index contributed by atoms with van der Waals surface area (Å²) < 4.78 is 0. The van der Waals surface area contributed by atoms with Gasteiger partial charge in [-0.3, -0.25) is 4.79 Å². The lowest BCUT2D eigenvalue weighted by Gasteiger charge is -2.17. The van der Waals surface area contributed by atoms with Crippen molar-refractivity contribution in [3.63, 3.8) is 0 Å². The second-order valence-corrected chi connectivity index (χ2v) is 6.59. The number of carbonyl (C=O) groups is 1. The van der Waals surface area contributed by atoms with Crippen LogP contribution < -0.4 is 4.90 Å². The Labute approximate surface area is 160 Å². The Bertz CT molecular complexity index is 914. The van der Waals surface area contributed by atoms with Crippen molar-refractivity contribution in [1.29, 1.82) is 0 Å². The van der Waals surface area contributed by atoms with Crippen molar-refractivity contribution in [1.82, 2.24) is 0 Å². The highest BCUT2D eigenvalue weighted by Crippen LogP contribution is 2.28. The molecule has 0 saturated carbocycles. The molecule has 0 saturated heterocycles. The predicted octanol–water partition coefficient (Wildman–Crippen LogP) is 4.75. The van der Waals surface area contributed by atoms with E-state index in [2.05, 4.69) is 0 Å². The summed E-state index contributed by atoms with van der Waals surface area (Å²) in [6, 6.07) is 26.2. The minimum absolute atomic E-state index is 0.177. The molecule has 3 aromatic rings. The summed E-state index contributed by atoms with van der Waals surface area (Å²) in [6.45, 7) is 0. The van der Waals surface area contributed by atoms with Gasteiger partial charge in [-0.05, 0) is 29.3 Å². The molecule has 3 aromatic carbocycles. The molecule has 0 aromatic heterocycles. The third kappa shape index (κ3) is 4.52. The average molecular weight is 357 g/mol. The lowest BCUT2D eigenvalue weighted by molar-refractivity contribution is 0.0989. The number of carbonyl (C=O) groups excluding carboxylic acids is 1. The van der Waals surface area contributed by atoms with Crippen LogP contribution in [0.5, 0.6) is 0 Å². The van der Waals surface area contributed by atoms with Gasteiger partial charge < -0.3 is 10.0 Å². The third-order valence-electron chi connectivity index (χ3n) is 4.44. The van der Waals surface area contributed by atoms with Crippen LogP contribution in [0.2, 0.25) is 0 Å². The summed E-state index contributed by atoms with van der Waals surface area (Å²) in [5.74, 6) is -0.177. The molecule has 1 atom stereocenters. The zero-order valence-electron chi connectivity index (χ0n) is 15.5. The SMILES string of the molecule is CN(C)c1ccc(C(O)/C(=C/c2ccccc2)C(=O)c2ccccc2)cc1. The Morgan fingerprint density at radius 2 is 1.41 bits per heavy atom. The van der Waals surface area contributed by atoms with E-state index in [1.807, 2.05) is 91.8 Å². The van der Waals surface area contributed by atoms with Crippen LogP contribution in [0.1, 0.15) is 27.6 Å². The minimum atomic E-state index is -1.01. The number of aliphatic hydroxyl groups excluding tert-OH is 1. The fourth-order valence-electron chi connectivity index (χ4n) is 2.89. The van der Waals surface area contributed by atoms with Crippen molar-refractivity contribution < 1.29 is 9.90 Å². The molecule has 27 heavy (non-hydrogen) atoms. The molecule has 1 unspecified atom stereocenters. The molecule has 0 aliphatic heterocycles. The largest absolute Gasteiger partial charge is 0.384 e. The molecule has 0 bridgehead atoms. The van der Waals surface area contributed by atoms with Crippen LogP contribution in [0.3, 0.4) is 0 Å². The van der Waals surface area contributed by atoms with E-state index in [1.54, 1.807) is 18.2 Å². The fourth-order valence-corrected chi connectivity index (χ4v) is 2.89. The van der Waals surface area contributed by atoms with E-state index >= 15 is 0 Å². The highest BCUT2D eigenvalue weighted by Gasteiger charge is 2.22. The molecule has 0 spiro atoms. The molecule has 1 N–H and O–H groups in total. The van der Waals surface area contributed by atoms with E-state index in [-0.39, 0.29) is 5.78 Å². The smallest absolute Gasteiger partial charge is 0.191 e. The van der Waals surface area contributed by atoms with Crippen molar-refractivity contribution in [2.45, 2.75) is 6.10 Å². The van der Waals surface area contributed by atoms with E-state index in [4.69, 9.17) is 0 Å². The van der Waals surface area contributed by atoms with Crippen molar-refractivity contribution in [3.8, 4) is 0 Å². The van der Waals surface area contributed by atoms with E-state index in [0.29, 0.717) is 16.7 Å². The summed E-state index contributed by atoms with van der Waals surface area (Å²) in [5.41, 5.74) is 3.51. The maximum atomic E-state index is 13.1. The first kappa shape index (κ1) is 18.6. The zero-order chi connectivity index (χ0) is 19.2.